The normalized spacial score (nSPS) is 10.5. The van der Waals surface area contributed by atoms with E-state index >= 15 is 0 Å². The minimum atomic E-state index is -0.0401. The molecule has 0 saturated heterocycles. The van der Waals surface area contributed by atoms with Crippen molar-refractivity contribution >= 4 is 40.5 Å². The molecule has 0 saturated carbocycles. The Morgan fingerprint density at radius 1 is 1.41 bits per heavy atom. The number of hydrogen-bond donors (Lipinski definition) is 0. The second-order valence-corrected chi connectivity index (χ2v) is 5.04. The number of Topliss-reactive ketones (excluding diaryl/α,β-unsaturated/α-hetero) is 1. The van der Waals surface area contributed by atoms with Crippen molar-refractivity contribution in [3.8, 4) is 0 Å². The van der Waals surface area contributed by atoms with Crippen molar-refractivity contribution in [2.45, 2.75) is 13.3 Å². The van der Waals surface area contributed by atoms with Gasteiger partial charge < -0.3 is 0 Å². The molecule has 0 unspecified atom stereocenters. The minimum absolute atomic E-state index is 0.0401. The number of halogens is 2. The molecule has 0 bridgehead atoms. The summed E-state index contributed by atoms with van der Waals surface area (Å²) in [5, 5.41) is 4.69. The number of ketones is 1. The van der Waals surface area contributed by atoms with Crippen LogP contribution in [0.25, 0.3) is 0 Å². The Hall–Kier alpha value is -0.970. The molecule has 0 aliphatic rings. The molecule has 6 heteroatoms. The molecule has 0 amide bonds. The fourth-order valence-electron chi connectivity index (χ4n) is 1.42. The van der Waals surface area contributed by atoms with Crippen LogP contribution < -0.4 is 0 Å². The highest BCUT2D eigenvalue weighted by atomic mass is 35.5. The molecule has 17 heavy (non-hydrogen) atoms. The number of nitrogens with zero attached hydrogens (tertiary/aromatic N) is 2. The first-order valence-electron chi connectivity index (χ1n) is 4.84. The first-order valence-corrected chi connectivity index (χ1v) is 6.37. The van der Waals surface area contributed by atoms with Crippen molar-refractivity contribution in [2.24, 2.45) is 0 Å². The van der Waals surface area contributed by atoms with Crippen molar-refractivity contribution in [3.63, 3.8) is 0 Å². The van der Waals surface area contributed by atoms with Gasteiger partial charge in [0.2, 0.25) is 0 Å². The molecule has 1 aromatic carbocycles. The van der Waals surface area contributed by atoms with Gasteiger partial charge in [-0.05, 0) is 30.1 Å². The zero-order chi connectivity index (χ0) is 12.4. The van der Waals surface area contributed by atoms with E-state index in [-0.39, 0.29) is 12.2 Å². The lowest BCUT2D eigenvalue weighted by Crippen LogP contribution is -2.03. The zero-order valence-corrected chi connectivity index (χ0v) is 11.2. The Morgan fingerprint density at radius 2 is 2.18 bits per heavy atom. The SMILES string of the molecule is Cc1nnsc1C(=O)Cc1cccc(Cl)c1Cl. The molecular weight excluding hydrogens is 279 g/mol. The lowest BCUT2D eigenvalue weighted by atomic mass is 10.1. The van der Waals surface area contributed by atoms with Gasteiger partial charge in [-0.3, -0.25) is 4.79 Å². The Balaban J connectivity index is 2.25. The van der Waals surface area contributed by atoms with E-state index < -0.39 is 0 Å². The Morgan fingerprint density at radius 3 is 2.82 bits per heavy atom. The summed E-state index contributed by atoms with van der Waals surface area (Å²) in [5.41, 5.74) is 1.37. The average Bonchev–Trinajstić information content (AvgIpc) is 2.71. The van der Waals surface area contributed by atoms with Crippen LogP contribution in [0.2, 0.25) is 10.0 Å². The highest BCUT2D eigenvalue weighted by Gasteiger charge is 2.15. The molecule has 1 aromatic heterocycles. The van der Waals surface area contributed by atoms with Crippen LogP contribution in [-0.4, -0.2) is 15.4 Å². The van der Waals surface area contributed by atoms with Crippen molar-refractivity contribution in [1.29, 1.82) is 0 Å². The second-order valence-electron chi connectivity index (χ2n) is 3.50. The fourth-order valence-corrected chi connectivity index (χ4v) is 2.40. The highest BCUT2D eigenvalue weighted by molar-refractivity contribution is 7.08. The molecule has 2 rings (SSSR count). The standard InChI is InChI=1S/C11H8Cl2N2OS/c1-6-11(17-15-14-6)9(16)5-7-3-2-4-8(12)10(7)13/h2-4H,5H2,1H3. The topological polar surface area (TPSA) is 42.9 Å². The third kappa shape index (κ3) is 2.65. The monoisotopic (exact) mass is 286 g/mol. The van der Waals surface area contributed by atoms with E-state index in [1.54, 1.807) is 25.1 Å². The minimum Gasteiger partial charge on any atom is -0.293 e. The van der Waals surface area contributed by atoms with Crippen LogP contribution in [0.4, 0.5) is 0 Å². The molecule has 3 nitrogen and oxygen atoms in total. The first-order chi connectivity index (χ1) is 8.09. The Labute approximate surface area is 113 Å². The number of hydrogen-bond acceptors (Lipinski definition) is 4. The third-order valence-electron chi connectivity index (χ3n) is 2.29. The van der Waals surface area contributed by atoms with Gasteiger partial charge >= 0.3 is 0 Å². The molecule has 0 fully saturated rings. The summed E-state index contributed by atoms with van der Waals surface area (Å²) in [5.74, 6) is -0.0401. The molecule has 88 valence electrons. The molecule has 0 aliphatic carbocycles. The Bertz CT molecular complexity index is 568. The fraction of sp³-hybridized carbons (Fsp3) is 0.182. The lowest BCUT2D eigenvalue weighted by molar-refractivity contribution is 0.0996. The smallest absolute Gasteiger partial charge is 0.180 e. The predicted molar refractivity (Wildman–Crippen MR) is 69.1 cm³/mol. The summed E-state index contributed by atoms with van der Waals surface area (Å²) in [6, 6.07) is 5.25. The van der Waals surface area contributed by atoms with E-state index in [4.69, 9.17) is 23.2 Å². The number of aryl methyl sites for hydroxylation is 1. The summed E-state index contributed by atoms with van der Waals surface area (Å²) < 4.78 is 3.74. The number of aromatic nitrogens is 2. The molecule has 0 spiro atoms. The highest BCUT2D eigenvalue weighted by Crippen LogP contribution is 2.27. The summed E-state index contributed by atoms with van der Waals surface area (Å²) in [4.78, 5) is 12.6. The van der Waals surface area contributed by atoms with Gasteiger partial charge in [0, 0.05) is 6.42 Å². The van der Waals surface area contributed by atoms with Crippen molar-refractivity contribution in [1.82, 2.24) is 9.59 Å². The van der Waals surface area contributed by atoms with Gasteiger partial charge in [-0.25, -0.2) is 0 Å². The molecule has 2 aromatic rings. The van der Waals surface area contributed by atoms with Crippen LogP contribution >= 0.6 is 34.7 Å². The molecule has 0 atom stereocenters. The van der Waals surface area contributed by atoms with Crippen molar-refractivity contribution in [2.75, 3.05) is 0 Å². The van der Waals surface area contributed by atoms with Gasteiger partial charge in [0.25, 0.3) is 0 Å². The van der Waals surface area contributed by atoms with E-state index in [0.29, 0.717) is 20.6 Å². The number of carbonyl (C=O) groups excluding carboxylic acids is 1. The first kappa shape index (κ1) is 12.5. The molecule has 0 aliphatic heterocycles. The van der Waals surface area contributed by atoms with Crippen LogP contribution in [0.1, 0.15) is 20.9 Å². The summed E-state index contributed by atoms with van der Waals surface area (Å²) in [7, 11) is 0. The largest absolute Gasteiger partial charge is 0.293 e. The van der Waals surface area contributed by atoms with Gasteiger partial charge in [-0.2, -0.15) is 0 Å². The van der Waals surface area contributed by atoms with Crippen LogP contribution in [0.5, 0.6) is 0 Å². The van der Waals surface area contributed by atoms with Crippen LogP contribution in [0.15, 0.2) is 18.2 Å². The summed E-state index contributed by atoms with van der Waals surface area (Å²) >= 11 is 13.0. The van der Waals surface area contributed by atoms with Crippen LogP contribution in [-0.2, 0) is 6.42 Å². The van der Waals surface area contributed by atoms with E-state index in [0.717, 1.165) is 17.1 Å². The van der Waals surface area contributed by atoms with E-state index in [2.05, 4.69) is 9.59 Å². The number of benzene rings is 1. The van der Waals surface area contributed by atoms with Gasteiger partial charge in [-0.1, -0.05) is 39.8 Å². The maximum atomic E-state index is 12.0. The quantitative estimate of drug-likeness (QED) is 0.810. The van der Waals surface area contributed by atoms with Gasteiger partial charge in [0.05, 0.1) is 15.7 Å². The van der Waals surface area contributed by atoms with E-state index in [1.807, 2.05) is 0 Å². The second kappa shape index (κ2) is 5.12. The third-order valence-corrected chi connectivity index (χ3v) is 4.01. The van der Waals surface area contributed by atoms with E-state index in [9.17, 15) is 4.79 Å². The van der Waals surface area contributed by atoms with Crippen LogP contribution in [0, 0.1) is 6.92 Å². The summed E-state index contributed by atoms with van der Waals surface area (Å²) in [6.07, 6.45) is 0.212. The maximum absolute atomic E-state index is 12.0. The van der Waals surface area contributed by atoms with Crippen molar-refractivity contribution in [3.05, 3.63) is 44.4 Å². The average molecular weight is 287 g/mol. The van der Waals surface area contributed by atoms with Crippen molar-refractivity contribution < 1.29 is 4.79 Å². The summed E-state index contributed by atoms with van der Waals surface area (Å²) in [6.45, 7) is 1.76. The zero-order valence-electron chi connectivity index (χ0n) is 8.91. The molecular formula is C11H8Cl2N2OS. The number of carbonyl (C=O) groups is 1. The van der Waals surface area contributed by atoms with Crippen LogP contribution in [0.3, 0.4) is 0 Å². The van der Waals surface area contributed by atoms with Gasteiger partial charge in [0.1, 0.15) is 4.88 Å². The van der Waals surface area contributed by atoms with Gasteiger partial charge in [0.15, 0.2) is 5.78 Å². The number of rotatable bonds is 3. The van der Waals surface area contributed by atoms with Gasteiger partial charge in [-0.15, -0.1) is 5.10 Å². The Kier molecular flexibility index (Phi) is 3.76. The molecule has 1 heterocycles. The predicted octanol–water partition coefficient (Wildman–Crippen LogP) is 3.58. The lowest BCUT2D eigenvalue weighted by Gasteiger charge is -2.03. The molecule has 0 radical (unpaired) electrons. The maximum Gasteiger partial charge on any atom is 0.180 e. The van der Waals surface area contributed by atoms with E-state index in [1.165, 1.54) is 0 Å². The molecule has 0 N–H and O–H groups in total.